The summed E-state index contributed by atoms with van der Waals surface area (Å²) < 4.78 is 98.8. The van der Waals surface area contributed by atoms with Crippen molar-refractivity contribution in [1.29, 1.82) is 0 Å². The molecule has 0 fully saturated rings. The largest absolute Gasteiger partial charge is 0.529 e. The molecule has 0 saturated heterocycles. The van der Waals surface area contributed by atoms with Gasteiger partial charge in [-0.05, 0) is 0 Å². The standard InChI is InChI=1S/C4H2F8O3/c5-1-13-3(9,10)15-4(11,12)14-2(6,7)8/h1H2. The summed E-state index contributed by atoms with van der Waals surface area (Å²) in [6, 6.07) is 0. The number of hydrogen-bond acceptors (Lipinski definition) is 3. The molecule has 0 spiro atoms. The molecule has 0 atom stereocenters. The Hall–Kier alpha value is -0.680. The van der Waals surface area contributed by atoms with Gasteiger partial charge in [-0.3, -0.25) is 4.74 Å². The maximum absolute atomic E-state index is 11.9. The second-order valence-corrected chi connectivity index (χ2v) is 1.83. The van der Waals surface area contributed by atoms with Gasteiger partial charge in [0.1, 0.15) is 0 Å². The van der Waals surface area contributed by atoms with E-state index < -0.39 is 25.8 Å². The van der Waals surface area contributed by atoms with Gasteiger partial charge in [0.25, 0.3) is 0 Å². The van der Waals surface area contributed by atoms with Crippen molar-refractivity contribution in [3.63, 3.8) is 0 Å². The van der Waals surface area contributed by atoms with Crippen LogP contribution in [0.3, 0.4) is 0 Å². The lowest BCUT2D eigenvalue weighted by Gasteiger charge is -2.21. The molecule has 0 aromatic carbocycles. The average Bonchev–Trinajstić information content (AvgIpc) is 1.74. The maximum atomic E-state index is 11.9. The molecule has 0 rings (SSSR count). The quantitative estimate of drug-likeness (QED) is 0.554. The SMILES string of the molecule is FCOC(F)(F)OC(F)(F)OC(F)(F)F. The van der Waals surface area contributed by atoms with Crippen molar-refractivity contribution in [3.8, 4) is 0 Å². The van der Waals surface area contributed by atoms with Crippen molar-refractivity contribution in [1.82, 2.24) is 0 Å². The van der Waals surface area contributed by atoms with Crippen molar-refractivity contribution < 1.29 is 49.3 Å². The van der Waals surface area contributed by atoms with Crippen LogP contribution in [0.15, 0.2) is 0 Å². The first-order chi connectivity index (χ1) is 6.47. The minimum atomic E-state index is -5.91. The molecule has 0 aliphatic carbocycles. The van der Waals surface area contributed by atoms with Gasteiger partial charge in [-0.15, -0.1) is 30.7 Å². The second-order valence-electron chi connectivity index (χ2n) is 1.83. The molecule has 0 aliphatic heterocycles. The van der Waals surface area contributed by atoms with Gasteiger partial charge in [0.2, 0.25) is 0 Å². The van der Waals surface area contributed by atoms with Crippen molar-refractivity contribution in [2.45, 2.75) is 19.0 Å². The summed E-state index contributed by atoms with van der Waals surface area (Å²) in [6.07, 6.45) is -16.9. The third kappa shape index (κ3) is 7.27. The van der Waals surface area contributed by atoms with Gasteiger partial charge in [0.05, 0.1) is 0 Å². The van der Waals surface area contributed by atoms with Crippen LogP contribution < -0.4 is 0 Å². The Labute approximate surface area is 76.5 Å². The topological polar surface area (TPSA) is 27.7 Å². The van der Waals surface area contributed by atoms with Crippen molar-refractivity contribution in [2.75, 3.05) is 6.86 Å². The highest BCUT2D eigenvalue weighted by Gasteiger charge is 2.53. The van der Waals surface area contributed by atoms with Crippen LogP contribution in [0.5, 0.6) is 0 Å². The third-order valence-corrected chi connectivity index (χ3v) is 0.695. The first-order valence-electron chi connectivity index (χ1n) is 2.90. The Kier molecular flexibility index (Phi) is 4.25. The van der Waals surface area contributed by atoms with E-state index in [-0.39, 0.29) is 0 Å². The molecule has 0 N–H and O–H groups in total. The highest BCUT2D eigenvalue weighted by atomic mass is 19.4. The van der Waals surface area contributed by atoms with Gasteiger partial charge in [-0.25, -0.2) is 9.13 Å². The van der Waals surface area contributed by atoms with E-state index in [0.29, 0.717) is 0 Å². The van der Waals surface area contributed by atoms with Crippen LogP contribution in [0.2, 0.25) is 0 Å². The molecule has 0 radical (unpaired) electrons. The summed E-state index contributed by atoms with van der Waals surface area (Å²) in [6.45, 7) is -2.24. The summed E-state index contributed by atoms with van der Waals surface area (Å²) in [4.78, 5) is 0. The Morgan fingerprint density at radius 3 is 1.53 bits per heavy atom. The zero-order valence-corrected chi connectivity index (χ0v) is 6.46. The maximum Gasteiger partial charge on any atom is 0.529 e. The summed E-state index contributed by atoms with van der Waals surface area (Å²) in [7, 11) is 0. The van der Waals surface area contributed by atoms with Crippen LogP contribution in [0.25, 0.3) is 0 Å². The Balaban J connectivity index is 4.36. The van der Waals surface area contributed by atoms with E-state index in [0.717, 1.165) is 0 Å². The number of alkyl halides is 8. The first-order valence-corrected chi connectivity index (χ1v) is 2.90. The fourth-order valence-electron chi connectivity index (χ4n) is 0.387. The molecule has 0 aliphatic rings. The molecule has 0 bridgehead atoms. The van der Waals surface area contributed by atoms with Crippen LogP contribution in [0.4, 0.5) is 35.1 Å². The van der Waals surface area contributed by atoms with Crippen molar-refractivity contribution in [3.05, 3.63) is 0 Å². The minimum absolute atomic E-state index is 1.87. The lowest BCUT2D eigenvalue weighted by atomic mass is 11.1. The number of hydrogen-bond donors (Lipinski definition) is 0. The molecule has 92 valence electrons. The van der Waals surface area contributed by atoms with E-state index in [1.807, 2.05) is 4.74 Å². The number of rotatable bonds is 5. The third-order valence-electron chi connectivity index (χ3n) is 0.695. The van der Waals surface area contributed by atoms with E-state index in [9.17, 15) is 35.1 Å². The van der Waals surface area contributed by atoms with Gasteiger partial charge >= 0.3 is 19.0 Å². The van der Waals surface area contributed by atoms with Crippen molar-refractivity contribution >= 4 is 0 Å². The monoisotopic (exact) mass is 250 g/mol. The van der Waals surface area contributed by atoms with Gasteiger partial charge in [0.15, 0.2) is 6.86 Å². The van der Waals surface area contributed by atoms with E-state index >= 15 is 0 Å². The Bertz CT molecular complexity index is 201. The van der Waals surface area contributed by atoms with E-state index in [2.05, 4.69) is 9.47 Å². The molecule has 15 heavy (non-hydrogen) atoms. The van der Waals surface area contributed by atoms with Crippen LogP contribution in [-0.4, -0.2) is 25.8 Å². The van der Waals surface area contributed by atoms with Gasteiger partial charge in [-0.1, -0.05) is 0 Å². The summed E-state index contributed by atoms with van der Waals surface area (Å²) in [5.41, 5.74) is 0. The normalized spacial score (nSPS) is 14.4. The molecule has 0 unspecified atom stereocenters. The fourth-order valence-corrected chi connectivity index (χ4v) is 0.387. The molecular formula is C4H2F8O3. The Morgan fingerprint density at radius 1 is 0.733 bits per heavy atom. The molecule has 0 amide bonds. The zero-order chi connectivity index (χ0) is 12.3. The van der Waals surface area contributed by atoms with Gasteiger partial charge in [-0.2, -0.15) is 4.74 Å². The summed E-state index contributed by atoms with van der Waals surface area (Å²) >= 11 is 0. The molecule has 0 aromatic rings. The molecule has 3 nitrogen and oxygen atoms in total. The number of ether oxygens (including phenoxy) is 3. The molecule has 0 aromatic heterocycles. The highest BCUT2D eigenvalue weighted by Crippen LogP contribution is 2.34. The minimum Gasteiger partial charge on any atom is -0.264 e. The lowest BCUT2D eigenvalue weighted by Crippen LogP contribution is -2.40. The first kappa shape index (κ1) is 14.3. The van der Waals surface area contributed by atoms with Crippen LogP contribution in [0.1, 0.15) is 0 Å². The summed E-state index contributed by atoms with van der Waals surface area (Å²) in [5, 5.41) is 0. The second kappa shape index (κ2) is 4.45. The number of halogens is 8. The van der Waals surface area contributed by atoms with E-state index in [1.54, 1.807) is 0 Å². The van der Waals surface area contributed by atoms with Crippen LogP contribution in [0, 0.1) is 0 Å². The zero-order valence-electron chi connectivity index (χ0n) is 6.46. The predicted molar refractivity (Wildman–Crippen MR) is 25.2 cm³/mol. The van der Waals surface area contributed by atoms with Crippen molar-refractivity contribution in [2.24, 2.45) is 0 Å². The Morgan fingerprint density at radius 2 is 1.20 bits per heavy atom. The van der Waals surface area contributed by atoms with E-state index in [4.69, 9.17) is 0 Å². The van der Waals surface area contributed by atoms with Crippen LogP contribution in [-0.2, 0) is 14.2 Å². The molecular weight excluding hydrogens is 248 g/mol. The average molecular weight is 250 g/mol. The molecule has 11 heteroatoms. The predicted octanol–water partition coefficient (Wildman–Crippen LogP) is 2.58. The smallest absolute Gasteiger partial charge is 0.264 e. The molecule has 0 heterocycles. The summed E-state index contributed by atoms with van der Waals surface area (Å²) in [5.74, 6) is 0. The van der Waals surface area contributed by atoms with E-state index in [1.165, 1.54) is 0 Å². The molecule has 0 saturated carbocycles. The fraction of sp³-hybridized carbons (Fsp3) is 1.00. The lowest BCUT2D eigenvalue weighted by molar-refractivity contribution is -0.567. The highest BCUT2D eigenvalue weighted by molar-refractivity contribution is 4.40. The van der Waals surface area contributed by atoms with Gasteiger partial charge < -0.3 is 0 Å². The van der Waals surface area contributed by atoms with Gasteiger partial charge in [0, 0.05) is 0 Å². The van der Waals surface area contributed by atoms with Crippen LogP contribution >= 0.6 is 0 Å².